The number of esters is 1. The van der Waals surface area contributed by atoms with Crippen LogP contribution in [0.3, 0.4) is 0 Å². The first-order valence-electron chi connectivity index (χ1n) is 8.59. The largest absolute Gasteiger partial charge is 0.486 e. The number of aromatic nitrogens is 1. The van der Waals surface area contributed by atoms with Crippen LogP contribution >= 0.6 is 0 Å². The molecule has 0 radical (unpaired) electrons. The molecule has 2 N–H and O–H groups in total. The summed E-state index contributed by atoms with van der Waals surface area (Å²) in [4.78, 5) is 39.2. The summed E-state index contributed by atoms with van der Waals surface area (Å²) in [5, 5.41) is 3.08. The van der Waals surface area contributed by atoms with Crippen LogP contribution in [0.2, 0.25) is 0 Å². The SMILES string of the molecule is O=C(COC(=O)c1cc(=O)c2ccccc2[nH]1)Nc1ccc2c(c1)OCCO2. The summed E-state index contributed by atoms with van der Waals surface area (Å²) in [5.41, 5.74) is 0.685. The van der Waals surface area contributed by atoms with Gasteiger partial charge in [0.05, 0.1) is 0 Å². The fraction of sp³-hybridized carbons (Fsp3) is 0.150. The Morgan fingerprint density at radius 1 is 1.04 bits per heavy atom. The third-order valence-electron chi connectivity index (χ3n) is 4.12. The zero-order valence-corrected chi connectivity index (χ0v) is 14.7. The minimum atomic E-state index is -0.792. The van der Waals surface area contributed by atoms with Crippen molar-refractivity contribution in [3.8, 4) is 11.5 Å². The fourth-order valence-corrected chi connectivity index (χ4v) is 2.83. The van der Waals surface area contributed by atoms with Crippen LogP contribution in [0.5, 0.6) is 11.5 Å². The van der Waals surface area contributed by atoms with Crippen molar-refractivity contribution < 1.29 is 23.8 Å². The number of para-hydroxylation sites is 1. The highest BCUT2D eigenvalue weighted by molar-refractivity contribution is 5.96. The van der Waals surface area contributed by atoms with Crippen LogP contribution < -0.4 is 20.2 Å². The topological polar surface area (TPSA) is 107 Å². The lowest BCUT2D eigenvalue weighted by Gasteiger charge is -2.19. The minimum Gasteiger partial charge on any atom is -0.486 e. The molecular weight excluding hydrogens is 364 g/mol. The molecule has 0 fully saturated rings. The van der Waals surface area contributed by atoms with Crippen LogP contribution in [0, 0.1) is 0 Å². The molecule has 0 spiro atoms. The molecule has 28 heavy (non-hydrogen) atoms. The Morgan fingerprint density at radius 3 is 2.68 bits per heavy atom. The minimum absolute atomic E-state index is 0.0178. The summed E-state index contributed by atoms with van der Waals surface area (Å²) in [7, 11) is 0. The third-order valence-corrected chi connectivity index (χ3v) is 4.12. The van der Waals surface area contributed by atoms with Crippen molar-refractivity contribution >= 4 is 28.5 Å². The van der Waals surface area contributed by atoms with Gasteiger partial charge in [-0.05, 0) is 24.3 Å². The number of amides is 1. The molecule has 142 valence electrons. The molecule has 0 saturated carbocycles. The molecule has 1 aliphatic heterocycles. The quantitative estimate of drug-likeness (QED) is 0.672. The van der Waals surface area contributed by atoms with Crippen LogP contribution in [0.1, 0.15) is 10.5 Å². The first kappa shape index (κ1) is 17.6. The summed E-state index contributed by atoms with van der Waals surface area (Å²) in [5.74, 6) is -0.168. The smallest absolute Gasteiger partial charge is 0.355 e. The monoisotopic (exact) mass is 380 g/mol. The van der Waals surface area contributed by atoms with Gasteiger partial charge in [0, 0.05) is 28.7 Å². The van der Waals surface area contributed by atoms with Gasteiger partial charge in [0.2, 0.25) is 0 Å². The van der Waals surface area contributed by atoms with E-state index in [1.807, 2.05) is 0 Å². The van der Waals surface area contributed by atoms with E-state index in [-0.39, 0.29) is 11.1 Å². The van der Waals surface area contributed by atoms with Gasteiger partial charge in [-0.3, -0.25) is 9.59 Å². The molecule has 1 amide bonds. The molecule has 8 heteroatoms. The Kier molecular flexibility index (Phi) is 4.67. The standard InChI is InChI=1S/C20H16N2O6/c23-16-10-15(22-14-4-2-1-3-13(14)16)20(25)28-11-19(24)21-12-5-6-17-18(9-12)27-8-7-26-17/h1-6,9-10H,7-8,11H2,(H,21,24)(H,22,23). The van der Waals surface area contributed by atoms with E-state index < -0.39 is 18.5 Å². The predicted octanol–water partition coefficient (Wildman–Crippen LogP) is 2.09. The first-order valence-corrected chi connectivity index (χ1v) is 8.59. The maximum absolute atomic E-state index is 12.2. The lowest BCUT2D eigenvalue weighted by Crippen LogP contribution is -2.22. The normalized spacial score (nSPS) is 12.4. The molecule has 0 unspecified atom stereocenters. The number of carbonyl (C=O) groups is 2. The second-order valence-electron chi connectivity index (χ2n) is 6.08. The van der Waals surface area contributed by atoms with E-state index in [4.69, 9.17) is 14.2 Å². The van der Waals surface area contributed by atoms with E-state index in [1.54, 1.807) is 42.5 Å². The number of ether oxygens (including phenoxy) is 3. The summed E-state index contributed by atoms with van der Waals surface area (Å²) in [6.45, 7) is 0.416. The van der Waals surface area contributed by atoms with E-state index in [9.17, 15) is 14.4 Å². The van der Waals surface area contributed by atoms with E-state index in [1.165, 1.54) is 0 Å². The van der Waals surface area contributed by atoms with Gasteiger partial charge in [-0.25, -0.2) is 4.79 Å². The Bertz CT molecular complexity index is 1120. The lowest BCUT2D eigenvalue weighted by molar-refractivity contribution is -0.119. The first-order chi connectivity index (χ1) is 13.6. The van der Waals surface area contributed by atoms with Crippen molar-refractivity contribution in [1.82, 2.24) is 4.98 Å². The van der Waals surface area contributed by atoms with Crippen LogP contribution in [0.25, 0.3) is 10.9 Å². The molecule has 0 saturated heterocycles. The highest BCUT2D eigenvalue weighted by atomic mass is 16.6. The number of nitrogens with one attached hydrogen (secondary N) is 2. The molecule has 1 aliphatic rings. The van der Waals surface area contributed by atoms with Gasteiger partial charge in [0.25, 0.3) is 5.91 Å². The van der Waals surface area contributed by atoms with Gasteiger partial charge in [-0.1, -0.05) is 12.1 Å². The third kappa shape index (κ3) is 3.66. The number of hydrogen-bond acceptors (Lipinski definition) is 6. The van der Waals surface area contributed by atoms with Gasteiger partial charge in [0.1, 0.15) is 18.9 Å². The van der Waals surface area contributed by atoms with E-state index in [2.05, 4.69) is 10.3 Å². The lowest BCUT2D eigenvalue weighted by atomic mass is 10.2. The summed E-state index contributed by atoms with van der Waals surface area (Å²) >= 11 is 0. The number of hydrogen-bond donors (Lipinski definition) is 2. The molecule has 8 nitrogen and oxygen atoms in total. The Morgan fingerprint density at radius 2 is 1.82 bits per heavy atom. The maximum Gasteiger partial charge on any atom is 0.355 e. The maximum atomic E-state index is 12.2. The molecule has 2 heterocycles. The molecule has 0 aliphatic carbocycles. The molecule has 4 rings (SSSR count). The number of benzene rings is 2. The fourth-order valence-electron chi connectivity index (χ4n) is 2.83. The predicted molar refractivity (Wildman–Crippen MR) is 101 cm³/mol. The Labute approximate surface area is 159 Å². The number of carbonyl (C=O) groups excluding carboxylic acids is 2. The van der Waals surface area contributed by atoms with Gasteiger partial charge >= 0.3 is 5.97 Å². The summed E-state index contributed by atoms with van der Waals surface area (Å²) < 4.78 is 15.9. The van der Waals surface area contributed by atoms with E-state index >= 15 is 0 Å². The van der Waals surface area contributed by atoms with Crippen molar-refractivity contribution in [1.29, 1.82) is 0 Å². The molecule has 3 aromatic rings. The number of pyridine rings is 1. The van der Waals surface area contributed by atoms with Crippen molar-refractivity contribution in [3.05, 3.63) is 64.4 Å². The van der Waals surface area contributed by atoms with Gasteiger partial charge < -0.3 is 24.5 Å². The van der Waals surface area contributed by atoms with Crippen molar-refractivity contribution in [2.24, 2.45) is 0 Å². The zero-order valence-electron chi connectivity index (χ0n) is 14.7. The Balaban J connectivity index is 1.39. The van der Waals surface area contributed by atoms with Gasteiger partial charge in [0.15, 0.2) is 23.5 Å². The van der Waals surface area contributed by atoms with Gasteiger partial charge in [-0.15, -0.1) is 0 Å². The highest BCUT2D eigenvalue weighted by Crippen LogP contribution is 2.32. The second kappa shape index (κ2) is 7.43. The van der Waals surface area contributed by atoms with Crippen LogP contribution in [-0.4, -0.2) is 36.7 Å². The summed E-state index contributed by atoms with van der Waals surface area (Å²) in [6, 6.07) is 13.0. The molecule has 0 bridgehead atoms. The second-order valence-corrected chi connectivity index (χ2v) is 6.08. The van der Waals surface area contributed by atoms with Crippen molar-refractivity contribution in [2.75, 3.05) is 25.1 Å². The van der Waals surface area contributed by atoms with Gasteiger partial charge in [-0.2, -0.15) is 0 Å². The zero-order chi connectivity index (χ0) is 19.5. The molecule has 0 atom stereocenters. The van der Waals surface area contributed by atoms with Crippen molar-refractivity contribution in [2.45, 2.75) is 0 Å². The average molecular weight is 380 g/mol. The number of aromatic amines is 1. The molecular formula is C20H16N2O6. The molecule has 2 aromatic carbocycles. The number of rotatable bonds is 4. The van der Waals surface area contributed by atoms with Crippen LogP contribution in [0.4, 0.5) is 5.69 Å². The van der Waals surface area contributed by atoms with Crippen LogP contribution in [0.15, 0.2) is 53.3 Å². The van der Waals surface area contributed by atoms with Crippen LogP contribution in [-0.2, 0) is 9.53 Å². The average Bonchev–Trinajstić information content (AvgIpc) is 2.72. The van der Waals surface area contributed by atoms with E-state index in [0.717, 1.165) is 6.07 Å². The highest BCUT2D eigenvalue weighted by Gasteiger charge is 2.15. The number of anilines is 1. The number of fused-ring (bicyclic) bond motifs is 2. The number of H-pyrrole nitrogens is 1. The Hall–Kier alpha value is -3.81. The van der Waals surface area contributed by atoms with E-state index in [0.29, 0.717) is 41.3 Å². The molecule has 1 aromatic heterocycles. The van der Waals surface area contributed by atoms with Crippen molar-refractivity contribution in [3.63, 3.8) is 0 Å². The summed E-state index contributed by atoms with van der Waals surface area (Å²) in [6.07, 6.45) is 0.